The smallest absolute Gasteiger partial charge is 0.0195 e. The van der Waals surface area contributed by atoms with E-state index >= 15 is 0 Å². The summed E-state index contributed by atoms with van der Waals surface area (Å²) in [5.41, 5.74) is 10.4. The summed E-state index contributed by atoms with van der Waals surface area (Å²) in [4.78, 5) is 0. The molecule has 0 unspecified atom stereocenters. The van der Waals surface area contributed by atoms with Crippen LogP contribution in [-0.4, -0.2) is 23.6 Å². The molecule has 4 N–H and O–H groups in total. The van der Waals surface area contributed by atoms with E-state index in [0.29, 0.717) is 6.54 Å². The summed E-state index contributed by atoms with van der Waals surface area (Å²) in [6.45, 7) is 5.41. The highest BCUT2D eigenvalue weighted by molar-refractivity contribution is 7.81. The van der Waals surface area contributed by atoms with Crippen LogP contribution in [0, 0.1) is 0 Å². The largest absolute Gasteiger partial charge is 0.330 e. The maximum atomic E-state index is 5.23. The lowest BCUT2D eigenvalue weighted by Crippen LogP contribution is -2.23. The second kappa shape index (κ2) is 9.71. The van der Waals surface area contributed by atoms with Gasteiger partial charge in [-0.05, 0) is 39.0 Å². The van der Waals surface area contributed by atoms with Gasteiger partial charge in [0.25, 0.3) is 0 Å². The molecule has 2 nitrogen and oxygen atoms in total. The highest BCUT2D eigenvalue weighted by Gasteiger charge is 2.05. The topological polar surface area (TPSA) is 52.0 Å². The van der Waals surface area contributed by atoms with E-state index in [2.05, 4.69) is 25.3 Å². The van der Waals surface area contributed by atoms with Crippen LogP contribution >= 0.6 is 25.3 Å². The van der Waals surface area contributed by atoms with Gasteiger partial charge in [-0.15, -0.1) is 0 Å². The number of thiol groups is 2. The van der Waals surface area contributed by atoms with Crippen molar-refractivity contribution in [1.82, 2.24) is 0 Å². The molecule has 4 heteroatoms. The second-order valence-electron chi connectivity index (χ2n) is 3.24. The van der Waals surface area contributed by atoms with E-state index in [1.807, 2.05) is 13.8 Å². The van der Waals surface area contributed by atoms with Crippen molar-refractivity contribution in [2.24, 2.45) is 11.5 Å². The van der Waals surface area contributed by atoms with Gasteiger partial charge in [0.15, 0.2) is 0 Å². The summed E-state index contributed by atoms with van der Waals surface area (Å²) >= 11 is 8.13. The van der Waals surface area contributed by atoms with Gasteiger partial charge >= 0.3 is 0 Å². The molecule has 12 heavy (non-hydrogen) atoms. The van der Waals surface area contributed by atoms with Crippen LogP contribution in [0.2, 0.25) is 0 Å². The third-order valence-corrected chi connectivity index (χ3v) is 1.61. The monoisotopic (exact) mass is 210 g/mol. The quantitative estimate of drug-likeness (QED) is 0.418. The summed E-state index contributed by atoms with van der Waals surface area (Å²) in [5.74, 6) is 0.969. The van der Waals surface area contributed by atoms with Crippen LogP contribution < -0.4 is 11.5 Å². The van der Waals surface area contributed by atoms with Crippen molar-refractivity contribution in [1.29, 1.82) is 0 Å². The molecule has 0 fully saturated rings. The Labute approximate surface area is 87.3 Å². The Hall–Kier alpha value is 0.620. The molecule has 0 aliphatic carbocycles. The van der Waals surface area contributed by atoms with E-state index in [9.17, 15) is 0 Å². The number of nitrogens with two attached hydrogens (primary N) is 2. The van der Waals surface area contributed by atoms with Crippen molar-refractivity contribution >= 4 is 25.3 Å². The van der Waals surface area contributed by atoms with Gasteiger partial charge in [0.1, 0.15) is 0 Å². The third-order valence-electron chi connectivity index (χ3n) is 1.11. The molecule has 0 spiro atoms. The van der Waals surface area contributed by atoms with Crippen LogP contribution in [0.15, 0.2) is 0 Å². The maximum absolute atomic E-state index is 5.23. The zero-order valence-electron chi connectivity index (χ0n) is 8.08. The molecule has 0 aromatic rings. The van der Waals surface area contributed by atoms with E-state index in [4.69, 9.17) is 11.5 Å². The third kappa shape index (κ3) is 22.4. The van der Waals surface area contributed by atoms with Crippen LogP contribution in [0.4, 0.5) is 0 Å². The van der Waals surface area contributed by atoms with E-state index in [-0.39, 0.29) is 4.75 Å². The van der Waals surface area contributed by atoms with Crippen molar-refractivity contribution < 1.29 is 0 Å². The van der Waals surface area contributed by atoms with Crippen molar-refractivity contribution in [3.05, 3.63) is 0 Å². The summed E-state index contributed by atoms with van der Waals surface area (Å²) in [6.07, 6.45) is 2.27. The van der Waals surface area contributed by atoms with Gasteiger partial charge in [0.2, 0.25) is 0 Å². The van der Waals surface area contributed by atoms with E-state index in [0.717, 1.165) is 25.1 Å². The van der Waals surface area contributed by atoms with Crippen molar-refractivity contribution in [3.8, 4) is 0 Å². The molecule has 0 radical (unpaired) electrons. The van der Waals surface area contributed by atoms with Crippen LogP contribution in [0.1, 0.15) is 26.7 Å². The first kappa shape index (κ1) is 15.1. The molecule has 0 aromatic heterocycles. The number of hydrogen-bond donors (Lipinski definition) is 4. The fourth-order valence-electron chi connectivity index (χ4n) is 0.256. The van der Waals surface area contributed by atoms with Crippen molar-refractivity contribution in [2.45, 2.75) is 31.4 Å². The summed E-state index contributed by atoms with van der Waals surface area (Å²) in [6, 6.07) is 0. The zero-order valence-corrected chi connectivity index (χ0v) is 9.87. The molecule has 0 bridgehead atoms. The average Bonchev–Trinajstić information content (AvgIpc) is 2.01. The van der Waals surface area contributed by atoms with Gasteiger partial charge in [-0.1, -0.05) is 0 Å². The van der Waals surface area contributed by atoms with E-state index < -0.39 is 0 Å². The first-order chi connectivity index (χ1) is 5.47. The molecule has 0 aliphatic heterocycles. The highest BCUT2D eigenvalue weighted by Crippen LogP contribution is 2.06. The summed E-state index contributed by atoms with van der Waals surface area (Å²) < 4.78 is 0.0139. The van der Waals surface area contributed by atoms with Gasteiger partial charge in [0, 0.05) is 11.3 Å². The molecule has 0 heterocycles. The van der Waals surface area contributed by atoms with Gasteiger partial charge in [-0.3, -0.25) is 0 Å². The molecule has 0 aliphatic rings. The molecule has 0 amide bonds. The lowest BCUT2D eigenvalue weighted by atomic mass is 10.2. The van der Waals surface area contributed by atoms with Crippen LogP contribution in [0.3, 0.4) is 0 Å². The minimum absolute atomic E-state index is 0.0139. The van der Waals surface area contributed by atoms with Crippen LogP contribution in [-0.2, 0) is 0 Å². The minimum Gasteiger partial charge on any atom is -0.330 e. The SMILES string of the molecule is CC(C)(S)CN.NCCCCS. The Morgan fingerprint density at radius 2 is 1.58 bits per heavy atom. The van der Waals surface area contributed by atoms with Crippen molar-refractivity contribution in [2.75, 3.05) is 18.8 Å². The molecular formula is C8H22N2S2. The number of unbranched alkanes of at least 4 members (excludes halogenated alkanes) is 1. The van der Waals surface area contributed by atoms with Gasteiger partial charge in [-0.2, -0.15) is 25.3 Å². The molecule has 0 rings (SSSR count). The lowest BCUT2D eigenvalue weighted by Gasteiger charge is -2.11. The predicted octanol–water partition coefficient (Wildman–Crippen LogP) is 1.31. The standard InChI is InChI=1S/2C4H11NS/c1-4(2,6)3-5;5-3-1-2-4-6/h6H,3,5H2,1-2H3;6H,1-5H2. The van der Waals surface area contributed by atoms with E-state index in [1.165, 1.54) is 0 Å². The normalized spacial score (nSPS) is 10.5. The Balaban J connectivity index is 0. The first-order valence-electron chi connectivity index (χ1n) is 4.21. The second-order valence-corrected chi connectivity index (χ2v) is 4.89. The van der Waals surface area contributed by atoms with E-state index in [1.54, 1.807) is 0 Å². The fourth-order valence-corrected chi connectivity index (χ4v) is 0.480. The average molecular weight is 210 g/mol. The van der Waals surface area contributed by atoms with Gasteiger partial charge < -0.3 is 11.5 Å². The van der Waals surface area contributed by atoms with Crippen molar-refractivity contribution in [3.63, 3.8) is 0 Å². The molecule has 76 valence electrons. The predicted molar refractivity (Wildman–Crippen MR) is 64.3 cm³/mol. The molecule has 0 saturated heterocycles. The molecule has 0 saturated carbocycles. The zero-order chi connectivity index (χ0) is 10.0. The molecule has 0 atom stereocenters. The number of hydrogen-bond acceptors (Lipinski definition) is 4. The molecular weight excluding hydrogens is 188 g/mol. The Bertz CT molecular complexity index is 77.6. The molecule has 0 aromatic carbocycles. The Morgan fingerprint density at radius 1 is 1.17 bits per heavy atom. The highest BCUT2D eigenvalue weighted by atomic mass is 32.1. The van der Waals surface area contributed by atoms with Gasteiger partial charge in [0.05, 0.1) is 0 Å². The fraction of sp³-hybridized carbons (Fsp3) is 1.00. The first-order valence-corrected chi connectivity index (χ1v) is 5.29. The van der Waals surface area contributed by atoms with Crippen LogP contribution in [0.25, 0.3) is 0 Å². The number of rotatable bonds is 4. The Kier molecular flexibility index (Phi) is 12.2. The maximum Gasteiger partial charge on any atom is 0.0195 e. The Morgan fingerprint density at radius 3 is 1.67 bits per heavy atom. The lowest BCUT2D eigenvalue weighted by molar-refractivity contribution is 0.730. The minimum atomic E-state index is 0.0139. The summed E-state index contributed by atoms with van der Waals surface area (Å²) in [5, 5.41) is 0. The summed E-state index contributed by atoms with van der Waals surface area (Å²) in [7, 11) is 0. The van der Waals surface area contributed by atoms with Gasteiger partial charge in [-0.25, -0.2) is 0 Å². The van der Waals surface area contributed by atoms with Crippen LogP contribution in [0.5, 0.6) is 0 Å².